The third kappa shape index (κ3) is 30.5. The Balaban J connectivity index is 4.54. The maximum atomic E-state index is 12.0. The van der Waals surface area contributed by atoms with E-state index in [1.54, 1.807) is 0 Å². The van der Waals surface area contributed by atoms with E-state index < -0.39 is 11.9 Å². The maximum absolute atomic E-state index is 12.0. The highest BCUT2D eigenvalue weighted by atomic mass is 16.4. The zero-order valence-electron chi connectivity index (χ0n) is 34.1. The molecule has 0 aliphatic rings. The molecule has 0 saturated carbocycles. The molecular weight excluding hydrogens is 634 g/mol. The number of carboxylic acid groups (broad SMARTS) is 2. The standard InChI is InChI=1S/C45H85NO5/c1-4-6-8-10-12-14-16-18-20-22-24-26-28-30-32-34-36-42(40-44(48)49)46(3,38-39-47)43(41-45(50)51)37-35-33-31-29-27-25-23-21-19-17-15-13-11-9-7-5-2/h18-21,42-43,47H,4-17,22-41H2,1-3H3,(H-,48,49,50,51)/p+1/b20-18-,21-19-/t42-,43-/m0/s1. The van der Waals surface area contributed by atoms with E-state index in [0.717, 1.165) is 64.2 Å². The van der Waals surface area contributed by atoms with Crippen molar-refractivity contribution >= 4 is 11.9 Å². The van der Waals surface area contributed by atoms with E-state index in [9.17, 15) is 24.9 Å². The van der Waals surface area contributed by atoms with Gasteiger partial charge in [0.2, 0.25) is 0 Å². The summed E-state index contributed by atoms with van der Waals surface area (Å²) in [7, 11) is 2.01. The van der Waals surface area contributed by atoms with Gasteiger partial charge in [-0.3, -0.25) is 9.59 Å². The van der Waals surface area contributed by atoms with Crippen LogP contribution in [0.1, 0.15) is 219 Å². The molecule has 51 heavy (non-hydrogen) atoms. The van der Waals surface area contributed by atoms with Crippen LogP contribution < -0.4 is 0 Å². The normalized spacial score (nSPS) is 13.4. The number of unbranched alkanes of at least 4 members (excludes halogenated alkanes) is 24. The number of carboxylic acids is 2. The number of rotatable bonds is 40. The van der Waals surface area contributed by atoms with Crippen LogP contribution in [0.4, 0.5) is 0 Å². The van der Waals surface area contributed by atoms with Gasteiger partial charge in [-0.2, -0.15) is 0 Å². The smallest absolute Gasteiger partial charge is 0.309 e. The van der Waals surface area contributed by atoms with Gasteiger partial charge in [-0.05, 0) is 64.2 Å². The molecule has 0 saturated heterocycles. The van der Waals surface area contributed by atoms with Gasteiger partial charge in [0.1, 0.15) is 6.54 Å². The molecule has 300 valence electrons. The summed E-state index contributed by atoms with van der Waals surface area (Å²) in [6.07, 6.45) is 45.6. The van der Waals surface area contributed by atoms with Crippen molar-refractivity contribution in [2.75, 3.05) is 20.2 Å². The van der Waals surface area contributed by atoms with Crippen LogP contribution in [0, 0.1) is 0 Å². The van der Waals surface area contributed by atoms with Crippen molar-refractivity contribution in [3.05, 3.63) is 24.3 Å². The Hall–Kier alpha value is -1.66. The van der Waals surface area contributed by atoms with Crippen LogP contribution >= 0.6 is 0 Å². The van der Waals surface area contributed by atoms with Gasteiger partial charge in [-0.25, -0.2) is 0 Å². The lowest BCUT2D eigenvalue weighted by Crippen LogP contribution is -2.61. The largest absolute Gasteiger partial charge is 0.481 e. The third-order valence-electron chi connectivity index (χ3n) is 11.2. The molecule has 0 aromatic heterocycles. The van der Waals surface area contributed by atoms with E-state index in [2.05, 4.69) is 38.2 Å². The molecule has 0 aromatic rings. The average molecular weight is 721 g/mol. The van der Waals surface area contributed by atoms with Gasteiger partial charge in [-0.1, -0.05) is 154 Å². The fourth-order valence-electron chi connectivity index (χ4n) is 7.75. The molecule has 0 bridgehead atoms. The molecule has 3 N–H and O–H groups in total. The zero-order chi connectivity index (χ0) is 37.7. The molecule has 6 heteroatoms. The van der Waals surface area contributed by atoms with Gasteiger partial charge < -0.3 is 19.8 Å². The maximum Gasteiger partial charge on any atom is 0.309 e. The van der Waals surface area contributed by atoms with E-state index in [-0.39, 0.29) is 31.5 Å². The van der Waals surface area contributed by atoms with E-state index in [4.69, 9.17) is 0 Å². The first-order valence-electron chi connectivity index (χ1n) is 22.0. The molecule has 0 rings (SSSR count). The highest BCUT2D eigenvalue weighted by Gasteiger charge is 2.41. The first-order valence-corrected chi connectivity index (χ1v) is 22.0. The monoisotopic (exact) mass is 721 g/mol. The summed E-state index contributed by atoms with van der Waals surface area (Å²) in [6, 6.07) is -0.380. The Bertz CT molecular complexity index is 778. The molecule has 0 radical (unpaired) electrons. The molecule has 0 aliphatic heterocycles. The van der Waals surface area contributed by atoms with Gasteiger partial charge in [0, 0.05) is 12.8 Å². The molecule has 0 aliphatic carbocycles. The Morgan fingerprint density at radius 3 is 1.02 bits per heavy atom. The van der Waals surface area contributed by atoms with Crippen molar-refractivity contribution in [2.45, 2.75) is 231 Å². The highest BCUT2D eigenvalue weighted by molar-refractivity contribution is 5.68. The summed E-state index contributed by atoms with van der Waals surface area (Å²) in [4.78, 5) is 24.0. The molecule has 0 fully saturated rings. The van der Waals surface area contributed by atoms with Gasteiger partial charge in [-0.15, -0.1) is 0 Å². The molecule has 0 unspecified atom stereocenters. The predicted molar refractivity (Wildman–Crippen MR) is 218 cm³/mol. The Labute approximate surface area is 316 Å². The summed E-state index contributed by atoms with van der Waals surface area (Å²) in [5.74, 6) is -1.67. The molecule has 0 heterocycles. The van der Waals surface area contributed by atoms with Gasteiger partial charge in [0.15, 0.2) is 0 Å². The number of aliphatic carboxylic acids is 2. The van der Waals surface area contributed by atoms with Crippen molar-refractivity contribution in [3.8, 4) is 0 Å². The molecule has 2 atom stereocenters. The Morgan fingerprint density at radius 1 is 0.471 bits per heavy atom. The molecule has 0 amide bonds. The number of hydrogen-bond acceptors (Lipinski definition) is 3. The number of quaternary nitrogens is 1. The van der Waals surface area contributed by atoms with Crippen LogP contribution in [0.5, 0.6) is 0 Å². The van der Waals surface area contributed by atoms with Crippen molar-refractivity contribution in [1.29, 1.82) is 0 Å². The second-order valence-electron chi connectivity index (χ2n) is 15.8. The number of aliphatic hydroxyl groups is 1. The number of likely N-dealkylation sites (N-methyl/N-ethyl adjacent to an activating group) is 1. The zero-order valence-corrected chi connectivity index (χ0v) is 34.1. The van der Waals surface area contributed by atoms with Gasteiger partial charge in [0.05, 0.1) is 38.6 Å². The van der Waals surface area contributed by atoms with Crippen molar-refractivity contribution < 1.29 is 29.4 Å². The summed E-state index contributed by atoms with van der Waals surface area (Å²) in [6.45, 7) is 4.86. The summed E-state index contributed by atoms with van der Waals surface area (Å²) >= 11 is 0. The minimum atomic E-state index is -0.835. The van der Waals surface area contributed by atoms with Crippen LogP contribution in [0.25, 0.3) is 0 Å². The van der Waals surface area contributed by atoms with Gasteiger partial charge in [0.25, 0.3) is 0 Å². The lowest BCUT2D eigenvalue weighted by atomic mass is 9.93. The first kappa shape index (κ1) is 49.3. The first-order chi connectivity index (χ1) is 24.8. The van der Waals surface area contributed by atoms with Crippen LogP contribution in [0.15, 0.2) is 24.3 Å². The van der Waals surface area contributed by atoms with Crippen LogP contribution in [-0.2, 0) is 9.59 Å². The number of carbonyl (C=O) groups is 2. The van der Waals surface area contributed by atoms with Crippen molar-refractivity contribution in [3.63, 3.8) is 0 Å². The minimum absolute atomic E-state index is 0.0189. The fourth-order valence-corrected chi connectivity index (χ4v) is 7.75. The number of hydrogen-bond donors (Lipinski definition) is 3. The third-order valence-corrected chi connectivity index (χ3v) is 11.2. The number of aliphatic hydroxyl groups excluding tert-OH is 1. The van der Waals surface area contributed by atoms with E-state index in [1.807, 2.05) is 7.05 Å². The summed E-state index contributed by atoms with van der Waals surface area (Å²) in [5.41, 5.74) is 0. The lowest BCUT2D eigenvalue weighted by molar-refractivity contribution is -0.956. The molecule has 0 aromatic carbocycles. The number of nitrogens with zero attached hydrogens (tertiary/aromatic N) is 1. The Morgan fingerprint density at radius 2 is 0.745 bits per heavy atom. The summed E-state index contributed by atoms with van der Waals surface area (Å²) < 4.78 is 0.339. The molecular formula is C45H86NO5+. The van der Waals surface area contributed by atoms with Crippen molar-refractivity contribution in [1.82, 2.24) is 0 Å². The van der Waals surface area contributed by atoms with Crippen molar-refractivity contribution in [2.24, 2.45) is 0 Å². The summed E-state index contributed by atoms with van der Waals surface area (Å²) in [5, 5.41) is 29.8. The van der Waals surface area contributed by atoms with Crippen LogP contribution in [0.3, 0.4) is 0 Å². The second-order valence-corrected chi connectivity index (χ2v) is 15.8. The second kappa shape index (κ2) is 36.7. The highest BCUT2D eigenvalue weighted by Crippen LogP contribution is 2.29. The quantitative estimate of drug-likeness (QED) is 0.0333. The van der Waals surface area contributed by atoms with Crippen LogP contribution in [0.2, 0.25) is 0 Å². The Kier molecular flexibility index (Phi) is 35.5. The van der Waals surface area contributed by atoms with E-state index >= 15 is 0 Å². The van der Waals surface area contributed by atoms with Crippen LogP contribution in [-0.4, -0.2) is 64.0 Å². The van der Waals surface area contributed by atoms with E-state index in [1.165, 1.54) is 128 Å². The van der Waals surface area contributed by atoms with E-state index in [0.29, 0.717) is 11.0 Å². The lowest BCUT2D eigenvalue weighted by Gasteiger charge is -2.47. The number of allylic oxidation sites excluding steroid dienone is 4. The minimum Gasteiger partial charge on any atom is -0.481 e. The average Bonchev–Trinajstić information content (AvgIpc) is 3.10. The van der Waals surface area contributed by atoms with Gasteiger partial charge >= 0.3 is 11.9 Å². The SMILES string of the molecule is CCCCCCCC/C=C\CCCCCCCC[C@@H](CC(=O)O)[N+](C)(CCO)[C@@H](CCCCCCCC/C=C\CCCCCCCC)CC(=O)O. The topological polar surface area (TPSA) is 94.8 Å². The fraction of sp³-hybridized carbons (Fsp3) is 0.867. The molecule has 0 spiro atoms. The predicted octanol–water partition coefficient (Wildman–Crippen LogP) is 13.0. The molecule has 6 nitrogen and oxygen atoms in total.